The maximum atomic E-state index is 12.8. The van der Waals surface area contributed by atoms with Crippen LogP contribution in [-0.2, 0) is 16.6 Å². The van der Waals surface area contributed by atoms with Crippen molar-refractivity contribution in [3.05, 3.63) is 62.7 Å². The lowest BCUT2D eigenvalue weighted by atomic mass is 10.00. The average Bonchev–Trinajstić information content (AvgIpc) is 3.12. The number of sulfonamides is 1. The first-order valence-electron chi connectivity index (χ1n) is 11.5. The molecule has 178 valence electrons. The van der Waals surface area contributed by atoms with Crippen LogP contribution in [0.25, 0.3) is 10.2 Å². The van der Waals surface area contributed by atoms with Crippen molar-refractivity contribution in [1.82, 2.24) is 14.2 Å². The molecule has 1 aliphatic rings. The number of benzene rings is 2. The molecule has 2 heterocycles. The molecule has 6 nitrogen and oxygen atoms in total. The summed E-state index contributed by atoms with van der Waals surface area (Å²) in [7, 11) is -3.63. The second kappa shape index (κ2) is 10.7. The van der Waals surface area contributed by atoms with Gasteiger partial charge in [-0.3, -0.25) is 9.36 Å². The van der Waals surface area contributed by atoms with Crippen molar-refractivity contribution < 1.29 is 8.42 Å². The summed E-state index contributed by atoms with van der Waals surface area (Å²) in [4.78, 5) is 15.1. The van der Waals surface area contributed by atoms with E-state index in [1.807, 2.05) is 12.1 Å². The van der Waals surface area contributed by atoms with E-state index in [1.54, 1.807) is 34.9 Å². The van der Waals surface area contributed by atoms with Crippen LogP contribution in [-0.4, -0.2) is 43.6 Å². The Morgan fingerprint density at radius 3 is 2.70 bits per heavy atom. The number of rotatable bonds is 9. The van der Waals surface area contributed by atoms with Gasteiger partial charge in [-0.15, -0.1) is 0 Å². The Bertz CT molecular complexity index is 1250. The van der Waals surface area contributed by atoms with E-state index < -0.39 is 10.0 Å². The maximum absolute atomic E-state index is 12.8. The van der Waals surface area contributed by atoms with Crippen LogP contribution < -0.4 is 9.60 Å². The molecule has 2 aromatic carbocycles. The zero-order valence-electron chi connectivity index (χ0n) is 18.8. The molecule has 0 amide bonds. The monoisotopic (exact) mass is 507 g/mol. The van der Waals surface area contributed by atoms with Crippen molar-refractivity contribution in [1.29, 1.82) is 0 Å². The van der Waals surface area contributed by atoms with Gasteiger partial charge in [-0.1, -0.05) is 48.4 Å². The first-order chi connectivity index (χ1) is 15.9. The fourth-order valence-electron chi connectivity index (χ4n) is 4.52. The predicted molar refractivity (Wildman–Crippen MR) is 136 cm³/mol. The van der Waals surface area contributed by atoms with E-state index in [1.165, 1.54) is 19.3 Å². The predicted octanol–water partition coefficient (Wildman–Crippen LogP) is 4.70. The van der Waals surface area contributed by atoms with E-state index in [4.69, 9.17) is 11.6 Å². The molecule has 9 heteroatoms. The molecule has 3 aromatic rings. The molecule has 1 N–H and O–H groups in total. The van der Waals surface area contributed by atoms with E-state index in [0.29, 0.717) is 28.9 Å². The van der Waals surface area contributed by atoms with Crippen LogP contribution in [0.2, 0.25) is 5.02 Å². The van der Waals surface area contributed by atoms with E-state index in [0.717, 1.165) is 48.3 Å². The van der Waals surface area contributed by atoms with Gasteiger partial charge in [0, 0.05) is 17.6 Å². The molecular formula is C24H30ClN3O3S2. The molecular weight excluding hydrogens is 478 g/mol. The summed E-state index contributed by atoms with van der Waals surface area (Å²) < 4.78 is 30.7. The molecule has 0 saturated carbocycles. The highest BCUT2D eigenvalue weighted by Gasteiger charge is 2.21. The Morgan fingerprint density at radius 1 is 1.15 bits per heavy atom. The normalized spacial score (nSPS) is 17.6. The Hall–Kier alpha value is -1.71. The smallest absolute Gasteiger partial charge is 0.300 e. The number of hydrogen-bond donors (Lipinski definition) is 1. The summed E-state index contributed by atoms with van der Waals surface area (Å²) in [6.07, 6.45) is 5.68. The highest BCUT2D eigenvalue weighted by atomic mass is 35.5. The summed E-state index contributed by atoms with van der Waals surface area (Å²) in [5, 5.41) is 0.643. The Labute approximate surface area is 204 Å². The second-order valence-electron chi connectivity index (χ2n) is 8.56. The van der Waals surface area contributed by atoms with Crippen molar-refractivity contribution in [2.45, 2.75) is 56.5 Å². The van der Waals surface area contributed by atoms with Gasteiger partial charge >= 0.3 is 4.87 Å². The van der Waals surface area contributed by atoms with Crippen molar-refractivity contribution in [2.75, 3.05) is 19.6 Å². The lowest BCUT2D eigenvalue weighted by Crippen LogP contribution is -2.40. The maximum Gasteiger partial charge on any atom is 0.308 e. The molecule has 1 saturated heterocycles. The highest BCUT2D eigenvalue weighted by Crippen LogP contribution is 2.23. The number of hydrogen-bond acceptors (Lipinski definition) is 5. The molecule has 1 fully saturated rings. The average molecular weight is 508 g/mol. The van der Waals surface area contributed by atoms with Gasteiger partial charge in [-0.25, -0.2) is 13.1 Å². The van der Waals surface area contributed by atoms with Crippen LogP contribution in [0.3, 0.4) is 0 Å². The summed E-state index contributed by atoms with van der Waals surface area (Å²) in [5.74, 6) is 0. The van der Waals surface area contributed by atoms with Gasteiger partial charge in [0.1, 0.15) is 0 Å². The Morgan fingerprint density at radius 2 is 1.94 bits per heavy atom. The van der Waals surface area contributed by atoms with E-state index in [-0.39, 0.29) is 9.77 Å². The van der Waals surface area contributed by atoms with Crippen LogP contribution >= 0.6 is 22.9 Å². The van der Waals surface area contributed by atoms with Crippen LogP contribution in [0.15, 0.2) is 52.2 Å². The molecule has 0 radical (unpaired) electrons. The molecule has 0 spiro atoms. The number of thiazole rings is 1. The van der Waals surface area contributed by atoms with Gasteiger partial charge < -0.3 is 4.90 Å². The number of halogens is 1. The van der Waals surface area contributed by atoms with Gasteiger partial charge in [-0.05, 0) is 74.7 Å². The third-order valence-corrected chi connectivity index (χ3v) is 8.99. The Balaban J connectivity index is 1.42. The zero-order chi connectivity index (χ0) is 23.4. The summed E-state index contributed by atoms with van der Waals surface area (Å²) in [5.41, 5.74) is 1.69. The van der Waals surface area contributed by atoms with Gasteiger partial charge in [-0.2, -0.15) is 0 Å². The van der Waals surface area contributed by atoms with Crippen LogP contribution in [0, 0.1) is 0 Å². The number of fused-ring (bicyclic) bond motifs is 1. The number of piperidine rings is 1. The quantitative estimate of drug-likeness (QED) is 0.426. The molecule has 0 unspecified atom stereocenters. The summed E-state index contributed by atoms with van der Waals surface area (Å²) in [6, 6.07) is 12.9. The zero-order valence-corrected chi connectivity index (χ0v) is 21.2. The van der Waals surface area contributed by atoms with Gasteiger partial charge in [0.25, 0.3) is 0 Å². The minimum absolute atomic E-state index is 0.116. The molecule has 33 heavy (non-hydrogen) atoms. The lowest BCUT2D eigenvalue weighted by molar-refractivity contribution is 0.143. The third kappa shape index (κ3) is 5.87. The third-order valence-electron chi connectivity index (χ3n) is 6.34. The number of likely N-dealkylation sites (tertiary alicyclic amines) is 1. The first kappa shape index (κ1) is 24.4. The van der Waals surface area contributed by atoms with Crippen LogP contribution in [0.1, 0.15) is 44.6 Å². The van der Waals surface area contributed by atoms with E-state index >= 15 is 0 Å². The van der Waals surface area contributed by atoms with Crippen molar-refractivity contribution >= 4 is 43.2 Å². The number of nitrogens with zero attached hydrogens (tertiary/aromatic N) is 2. The minimum atomic E-state index is -3.63. The van der Waals surface area contributed by atoms with Crippen LogP contribution in [0.5, 0.6) is 0 Å². The number of aromatic nitrogens is 1. The van der Waals surface area contributed by atoms with E-state index in [2.05, 4.69) is 16.5 Å². The molecule has 1 aromatic heterocycles. The molecule has 0 bridgehead atoms. The van der Waals surface area contributed by atoms with Gasteiger partial charge in [0.15, 0.2) is 0 Å². The SMILES string of the molecule is CC[C@H]1CCCCN1CCCNS(=O)(=O)c1ccc2c(c1)sc(=O)n2Cc1ccc(Cl)cc1. The van der Waals surface area contributed by atoms with Crippen molar-refractivity contribution in [3.63, 3.8) is 0 Å². The van der Waals surface area contributed by atoms with Crippen molar-refractivity contribution in [2.24, 2.45) is 0 Å². The fourth-order valence-corrected chi connectivity index (χ4v) is 6.76. The van der Waals surface area contributed by atoms with E-state index in [9.17, 15) is 13.2 Å². The standard InChI is InChI=1S/C24H30ClN3O3S2/c1-2-20-6-3-4-14-27(20)15-5-13-26-33(30,31)21-11-12-22-23(16-21)32-24(29)28(22)17-18-7-9-19(25)10-8-18/h7-12,16,20,26H,2-6,13-15,17H2,1H3/t20-/m0/s1. The molecule has 1 aliphatic heterocycles. The molecule has 4 rings (SSSR count). The topological polar surface area (TPSA) is 71.4 Å². The van der Waals surface area contributed by atoms with Gasteiger partial charge in [0.05, 0.1) is 21.7 Å². The summed E-state index contributed by atoms with van der Waals surface area (Å²) >= 11 is 7.01. The molecule has 1 atom stereocenters. The Kier molecular flexibility index (Phi) is 7.91. The first-order valence-corrected chi connectivity index (χ1v) is 14.2. The molecule has 0 aliphatic carbocycles. The lowest BCUT2D eigenvalue weighted by Gasteiger charge is -2.35. The van der Waals surface area contributed by atoms with Crippen LogP contribution in [0.4, 0.5) is 0 Å². The van der Waals surface area contributed by atoms with Crippen molar-refractivity contribution in [3.8, 4) is 0 Å². The largest absolute Gasteiger partial charge is 0.308 e. The highest BCUT2D eigenvalue weighted by molar-refractivity contribution is 7.89. The second-order valence-corrected chi connectivity index (χ2v) is 11.8. The van der Waals surface area contributed by atoms with Gasteiger partial charge in [0.2, 0.25) is 10.0 Å². The fraction of sp³-hybridized carbons (Fsp3) is 0.458. The number of nitrogens with one attached hydrogen (secondary N) is 1. The summed E-state index contributed by atoms with van der Waals surface area (Å²) in [6.45, 7) is 5.05. The minimum Gasteiger partial charge on any atom is -0.300 e.